The summed E-state index contributed by atoms with van der Waals surface area (Å²) < 4.78 is 78.4. The van der Waals surface area contributed by atoms with Gasteiger partial charge in [-0.1, -0.05) is 27.2 Å². The molecule has 0 N–H and O–H groups in total. The number of methoxy groups -OCH3 is 1. The minimum Gasteiger partial charge on any atom is -0.460 e. The van der Waals surface area contributed by atoms with Crippen molar-refractivity contribution in [1.82, 2.24) is 0 Å². The molecule has 0 bridgehead atoms. The van der Waals surface area contributed by atoms with Crippen LogP contribution in [-0.2, 0) is 14.3 Å². The molecule has 1 aromatic carbocycles. The number of carbonyl (C=O) groups excluding carboxylic acids is 1. The quantitative estimate of drug-likeness (QED) is 0.303. The van der Waals surface area contributed by atoms with E-state index in [0.29, 0.717) is 6.42 Å². The molecule has 152 valence electrons. The molecule has 8 heteroatoms. The van der Waals surface area contributed by atoms with Crippen molar-refractivity contribution in [2.45, 2.75) is 52.2 Å². The van der Waals surface area contributed by atoms with Gasteiger partial charge >= 0.3 is 5.97 Å². The van der Waals surface area contributed by atoms with Gasteiger partial charge < -0.3 is 9.47 Å². The van der Waals surface area contributed by atoms with Gasteiger partial charge in [-0.05, 0) is 30.6 Å². The standard InChI is InChI=1S/C19H23F5O3/c1-8(2)10-6-5-9(3)7-11(10)27-19(25)18(26-4)12-13(20)15(22)17(24)16(23)14(12)21/h8-11,18H,5-7H2,1-4H3/t9-,10+,11-,18-/m1/s1. The zero-order valence-electron chi connectivity index (χ0n) is 15.6. The highest BCUT2D eigenvalue weighted by atomic mass is 19.2. The molecule has 1 aromatic rings. The Labute approximate surface area is 154 Å². The van der Waals surface area contributed by atoms with E-state index in [1.165, 1.54) is 0 Å². The number of hydrogen-bond donors (Lipinski definition) is 0. The summed E-state index contributed by atoms with van der Waals surface area (Å²) in [4.78, 5) is 12.5. The second-order valence-corrected chi connectivity index (χ2v) is 7.40. The highest BCUT2D eigenvalue weighted by Gasteiger charge is 2.39. The molecule has 0 aliphatic heterocycles. The van der Waals surface area contributed by atoms with E-state index in [9.17, 15) is 26.7 Å². The monoisotopic (exact) mass is 394 g/mol. The van der Waals surface area contributed by atoms with E-state index in [2.05, 4.69) is 0 Å². The maximum Gasteiger partial charge on any atom is 0.340 e. The summed E-state index contributed by atoms with van der Waals surface area (Å²) in [6.07, 6.45) is -0.235. The Kier molecular flexibility index (Phi) is 6.83. The molecule has 0 heterocycles. The van der Waals surface area contributed by atoms with Crippen LogP contribution in [0.3, 0.4) is 0 Å². The Morgan fingerprint density at radius 3 is 1.96 bits per heavy atom. The second kappa shape index (κ2) is 8.54. The zero-order chi connectivity index (χ0) is 20.5. The predicted octanol–water partition coefficient (Wildman–Crippen LogP) is 5.07. The lowest BCUT2D eigenvalue weighted by Crippen LogP contribution is -2.37. The SMILES string of the molecule is CO[C@@H](C(=O)O[C@@H]1C[C@H](C)CC[C@H]1C(C)C)c1c(F)c(F)c(F)c(F)c1F. The average molecular weight is 394 g/mol. The summed E-state index contributed by atoms with van der Waals surface area (Å²) in [5, 5.41) is 0. The third-order valence-electron chi connectivity index (χ3n) is 5.18. The molecule has 1 saturated carbocycles. The van der Waals surface area contributed by atoms with Gasteiger partial charge in [0.2, 0.25) is 5.82 Å². The molecule has 0 radical (unpaired) electrons. The summed E-state index contributed by atoms with van der Waals surface area (Å²) in [5.74, 6) is -11.4. The lowest BCUT2D eigenvalue weighted by molar-refractivity contribution is -0.168. The summed E-state index contributed by atoms with van der Waals surface area (Å²) in [7, 11) is 0.938. The Hall–Kier alpha value is -1.70. The van der Waals surface area contributed by atoms with E-state index >= 15 is 0 Å². The molecule has 27 heavy (non-hydrogen) atoms. The molecule has 1 fully saturated rings. The van der Waals surface area contributed by atoms with Crippen molar-refractivity contribution in [3.05, 3.63) is 34.6 Å². The van der Waals surface area contributed by atoms with Gasteiger partial charge in [0.25, 0.3) is 0 Å². The van der Waals surface area contributed by atoms with Crippen LogP contribution in [0.2, 0.25) is 0 Å². The van der Waals surface area contributed by atoms with Crippen LogP contribution in [0.25, 0.3) is 0 Å². The van der Waals surface area contributed by atoms with Crippen molar-refractivity contribution < 1.29 is 36.2 Å². The molecule has 0 aromatic heterocycles. The number of ether oxygens (including phenoxy) is 2. The lowest BCUT2D eigenvalue weighted by atomic mass is 9.75. The molecule has 0 unspecified atom stereocenters. The highest BCUT2D eigenvalue weighted by Crippen LogP contribution is 2.37. The minimum absolute atomic E-state index is 0.0408. The molecule has 1 aliphatic carbocycles. The smallest absolute Gasteiger partial charge is 0.340 e. The van der Waals surface area contributed by atoms with Crippen molar-refractivity contribution in [2.75, 3.05) is 7.11 Å². The van der Waals surface area contributed by atoms with Crippen molar-refractivity contribution in [3.63, 3.8) is 0 Å². The Bertz CT molecular complexity index is 678. The summed E-state index contributed by atoms with van der Waals surface area (Å²) in [6, 6.07) is 0. The van der Waals surface area contributed by atoms with E-state index < -0.39 is 52.8 Å². The van der Waals surface area contributed by atoms with Gasteiger partial charge in [-0.2, -0.15) is 0 Å². The highest BCUT2D eigenvalue weighted by molar-refractivity contribution is 5.77. The average Bonchev–Trinajstić information content (AvgIpc) is 2.61. The van der Waals surface area contributed by atoms with Gasteiger partial charge in [-0.3, -0.25) is 0 Å². The Morgan fingerprint density at radius 1 is 0.963 bits per heavy atom. The zero-order valence-corrected chi connectivity index (χ0v) is 15.6. The van der Waals surface area contributed by atoms with E-state index in [1.54, 1.807) is 0 Å². The lowest BCUT2D eigenvalue weighted by Gasteiger charge is -2.37. The van der Waals surface area contributed by atoms with Gasteiger partial charge in [0.05, 0.1) is 5.56 Å². The van der Waals surface area contributed by atoms with Crippen LogP contribution in [0.15, 0.2) is 0 Å². The summed E-state index contributed by atoms with van der Waals surface area (Å²) in [5.41, 5.74) is -1.34. The van der Waals surface area contributed by atoms with Gasteiger partial charge in [0.15, 0.2) is 29.4 Å². The molecule has 0 amide bonds. The number of halogens is 5. The van der Waals surface area contributed by atoms with Crippen molar-refractivity contribution >= 4 is 5.97 Å². The predicted molar refractivity (Wildman–Crippen MR) is 87.2 cm³/mol. The minimum atomic E-state index is -2.29. The molecule has 1 aliphatic rings. The molecular formula is C19H23F5O3. The van der Waals surface area contributed by atoms with Crippen molar-refractivity contribution in [1.29, 1.82) is 0 Å². The third kappa shape index (κ3) is 4.25. The van der Waals surface area contributed by atoms with Crippen molar-refractivity contribution in [3.8, 4) is 0 Å². The first-order valence-electron chi connectivity index (χ1n) is 8.84. The fourth-order valence-electron chi connectivity index (χ4n) is 3.65. The molecule has 3 nitrogen and oxygen atoms in total. The van der Waals surface area contributed by atoms with Crippen LogP contribution in [0.1, 0.15) is 51.7 Å². The van der Waals surface area contributed by atoms with Crippen LogP contribution in [0.5, 0.6) is 0 Å². The number of esters is 1. The number of rotatable bonds is 5. The third-order valence-corrected chi connectivity index (χ3v) is 5.18. The van der Waals surface area contributed by atoms with E-state index in [1.807, 2.05) is 20.8 Å². The number of benzene rings is 1. The molecule has 0 saturated heterocycles. The maximum atomic E-state index is 14.0. The normalized spacial score (nSPS) is 24.1. The maximum absolute atomic E-state index is 14.0. The summed E-state index contributed by atoms with van der Waals surface area (Å²) >= 11 is 0. The number of carbonyl (C=O) groups is 1. The first-order valence-corrected chi connectivity index (χ1v) is 8.84. The van der Waals surface area contributed by atoms with E-state index in [4.69, 9.17) is 9.47 Å². The summed E-state index contributed by atoms with van der Waals surface area (Å²) in [6.45, 7) is 5.94. The van der Waals surface area contributed by atoms with Crippen LogP contribution in [-0.4, -0.2) is 19.2 Å². The van der Waals surface area contributed by atoms with Crippen LogP contribution >= 0.6 is 0 Å². The van der Waals surface area contributed by atoms with Gasteiger partial charge in [0.1, 0.15) is 6.10 Å². The van der Waals surface area contributed by atoms with Crippen LogP contribution < -0.4 is 0 Å². The van der Waals surface area contributed by atoms with E-state index in [-0.39, 0.29) is 17.8 Å². The first kappa shape index (κ1) is 21.6. The second-order valence-electron chi connectivity index (χ2n) is 7.40. The Balaban J connectivity index is 2.34. The molecule has 0 spiro atoms. The van der Waals surface area contributed by atoms with E-state index in [0.717, 1.165) is 20.0 Å². The molecular weight excluding hydrogens is 371 g/mol. The fraction of sp³-hybridized carbons (Fsp3) is 0.632. The Morgan fingerprint density at radius 2 is 1.48 bits per heavy atom. The van der Waals surface area contributed by atoms with Gasteiger partial charge in [0, 0.05) is 7.11 Å². The van der Waals surface area contributed by atoms with Gasteiger partial charge in [-0.25, -0.2) is 26.7 Å². The van der Waals surface area contributed by atoms with Crippen LogP contribution in [0.4, 0.5) is 22.0 Å². The fourth-order valence-corrected chi connectivity index (χ4v) is 3.65. The molecule has 2 rings (SSSR count). The van der Waals surface area contributed by atoms with Crippen LogP contribution in [0, 0.1) is 46.8 Å². The van der Waals surface area contributed by atoms with Crippen molar-refractivity contribution in [2.24, 2.45) is 17.8 Å². The molecule has 4 atom stereocenters. The topological polar surface area (TPSA) is 35.5 Å². The van der Waals surface area contributed by atoms with Gasteiger partial charge in [-0.15, -0.1) is 0 Å². The largest absolute Gasteiger partial charge is 0.460 e. The first-order chi connectivity index (χ1) is 12.6. The number of hydrogen-bond acceptors (Lipinski definition) is 3.